The quantitative estimate of drug-likeness (QED) is 0.735. The molecule has 1 atom stereocenters. The highest BCUT2D eigenvalue weighted by atomic mass is 16.7. The molecule has 2 nitrogen and oxygen atoms in total. The van der Waals surface area contributed by atoms with E-state index < -0.39 is 11.4 Å². The molecule has 2 fully saturated rings. The van der Waals surface area contributed by atoms with Crippen molar-refractivity contribution < 1.29 is 9.47 Å². The summed E-state index contributed by atoms with van der Waals surface area (Å²) in [5.41, 5.74) is 2.08. The lowest BCUT2D eigenvalue weighted by molar-refractivity contribution is -0.297. The van der Waals surface area contributed by atoms with Crippen LogP contribution in [0.4, 0.5) is 0 Å². The van der Waals surface area contributed by atoms with E-state index >= 15 is 0 Å². The van der Waals surface area contributed by atoms with Gasteiger partial charge in [-0.1, -0.05) is 60.7 Å². The van der Waals surface area contributed by atoms with Gasteiger partial charge in [-0.25, -0.2) is 0 Å². The van der Waals surface area contributed by atoms with Gasteiger partial charge in [-0.15, -0.1) is 0 Å². The average molecular weight is 322 g/mol. The third-order valence-corrected chi connectivity index (χ3v) is 5.49. The predicted octanol–water partition coefficient (Wildman–Crippen LogP) is 5.42. The van der Waals surface area contributed by atoms with E-state index in [4.69, 9.17) is 9.47 Å². The minimum Gasteiger partial charge on any atom is -0.350 e. The molecule has 0 bridgehead atoms. The Morgan fingerprint density at radius 2 is 1.17 bits per heavy atom. The Morgan fingerprint density at radius 1 is 0.625 bits per heavy atom. The van der Waals surface area contributed by atoms with Crippen molar-refractivity contribution in [2.24, 2.45) is 0 Å². The van der Waals surface area contributed by atoms with E-state index in [-0.39, 0.29) is 0 Å². The van der Waals surface area contributed by atoms with Crippen LogP contribution in [0.15, 0.2) is 60.7 Å². The fourth-order valence-electron chi connectivity index (χ4n) is 4.28. The molecule has 2 aromatic rings. The SMILES string of the molecule is c1ccc(C2(c3ccccc3)CCCCC3(CCCCO3)O2)cc1. The second-order valence-corrected chi connectivity index (χ2v) is 7.08. The maximum atomic E-state index is 6.98. The number of hydrogen-bond acceptors (Lipinski definition) is 2. The second-order valence-electron chi connectivity index (χ2n) is 7.08. The third kappa shape index (κ3) is 2.89. The molecule has 0 aliphatic carbocycles. The molecule has 126 valence electrons. The first-order valence-corrected chi connectivity index (χ1v) is 9.28. The molecule has 0 N–H and O–H groups in total. The van der Waals surface area contributed by atoms with Gasteiger partial charge in [0.15, 0.2) is 5.79 Å². The molecule has 0 amide bonds. The van der Waals surface area contributed by atoms with Gasteiger partial charge < -0.3 is 9.47 Å². The van der Waals surface area contributed by atoms with Crippen LogP contribution in [0.5, 0.6) is 0 Å². The summed E-state index contributed by atoms with van der Waals surface area (Å²) < 4.78 is 13.2. The van der Waals surface area contributed by atoms with Crippen molar-refractivity contribution in [1.29, 1.82) is 0 Å². The summed E-state index contributed by atoms with van der Waals surface area (Å²) in [6, 6.07) is 21.4. The van der Waals surface area contributed by atoms with Crippen molar-refractivity contribution in [3.63, 3.8) is 0 Å². The Balaban J connectivity index is 1.82. The van der Waals surface area contributed by atoms with Crippen LogP contribution in [0.2, 0.25) is 0 Å². The highest BCUT2D eigenvalue weighted by molar-refractivity contribution is 5.37. The summed E-state index contributed by atoms with van der Waals surface area (Å²) >= 11 is 0. The van der Waals surface area contributed by atoms with Crippen molar-refractivity contribution in [2.75, 3.05) is 6.61 Å². The summed E-state index contributed by atoms with van der Waals surface area (Å²) in [7, 11) is 0. The van der Waals surface area contributed by atoms with Gasteiger partial charge in [-0.3, -0.25) is 0 Å². The fourth-order valence-corrected chi connectivity index (χ4v) is 4.28. The molecule has 1 unspecified atom stereocenters. The minimum absolute atomic E-state index is 0.406. The molecular weight excluding hydrogens is 296 g/mol. The van der Waals surface area contributed by atoms with Gasteiger partial charge in [-0.2, -0.15) is 0 Å². The third-order valence-electron chi connectivity index (χ3n) is 5.49. The van der Waals surface area contributed by atoms with Crippen LogP contribution < -0.4 is 0 Å². The van der Waals surface area contributed by atoms with Crippen LogP contribution in [-0.4, -0.2) is 12.4 Å². The summed E-state index contributed by atoms with van der Waals surface area (Å²) in [4.78, 5) is 0. The molecule has 4 rings (SSSR count). The van der Waals surface area contributed by atoms with Gasteiger partial charge in [-0.05, 0) is 43.2 Å². The molecule has 2 heteroatoms. The van der Waals surface area contributed by atoms with Crippen molar-refractivity contribution in [3.8, 4) is 0 Å². The summed E-state index contributed by atoms with van der Waals surface area (Å²) in [6.07, 6.45) is 7.69. The van der Waals surface area contributed by atoms with Gasteiger partial charge in [0.1, 0.15) is 5.60 Å². The molecule has 0 saturated carbocycles. The van der Waals surface area contributed by atoms with Crippen LogP contribution in [-0.2, 0) is 15.1 Å². The highest BCUT2D eigenvalue weighted by Crippen LogP contribution is 2.48. The van der Waals surface area contributed by atoms with Gasteiger partial charge in [0, 0.05) is 12.8 Å². The van der Waals surface area contributed by atoms with Gasteiger partial charge in [0.25, 0.3) is 0 Å². The van der Waals surface area contributed by atoms with E-state index in [1.165, 1.54) is 24.0 Å². The number of hydrogen-bond donors (Lipinski definition) is 0. The van der Waals surface area contributed by atoms with Crippen LogP contribution in [0.3, 0.4) is 0 Å². The van der Waals surface area contributed by atoms with E-state index in [2.05, 4.69) is 60.7 Å². The molecule has 1 spiro atoms. The summed E-state index contributed by atoms with van der Waals surface area (Å²) in [5, 5.41) is 0. The lowest BCUT2D eigenvalue weighted by Crippen LogP contribution is -2.46. The second kappa shape index (κ2) is 6.70. The maximum Gasteiger partial charge on any atom is 0.169 e. The number of ether oxygens (including phenoxy) is 2. The van der Waals surface area contributed by atoms with Crippen molar-refractivity contribution in [1.82, 2.24) is 0 Å². The largest absolute Gasteiger partial charge is 0.350 e. The molecule has 0 aromatic heterocycles. The Morgan fingerprint density at radius 3 is 1.75 bits per heavy atom. The molecular formula is C22H26O2. The highest BCUT2D eigenvalue weighted by Gasteiger charge is 2.47. The number of rotatable bonds is 2. The molecule has 0 radical (unpaired) electrons. The van der Waals surface area contributed by atoms with E-state index in [0.29, 0.717) is 0 Å². The van der Waals surface area contributed by atoms with Crippen LogP contribution >= 0.6 is 0 Å². The first-order chi connectivity index (χ1) is 11.8. The fraction of sp³-hybridized carbons (Fsp3) is 0.455. The van der Waals surface area contributed by atoms with Crippen LogP contribution in [0.1, 0.15) is 56.1 Å². The number of benzene rings is 2. The lowest BCUT2D eigenvalue weighted by atomic mass is 9.82. The van der Waals surface area contributed by atoms with Crippen molar-refractivity contribution in [3.05, 3.63) is 71.8 Å². The predicted molar refractivity (Wildman–Crippen MR) is 95.8 cm³/mol. The van der Waals surface area contributed by atoms with Crippen molar-refractivity contribution >= 4 is 0 Å². The monoisotopic (exact) mass is 322 g/mol. The molecule has 2 heterocycles. The summed E-state index contributed by atoms with van der Waals surface area (Å²) in [5.74, 6) is -0.416. The lowest BCUT2D eigenvalue weighted by Gasteiger charge is -2.44. The van der Waals surface area contributed by atoms with E-state index in [9.17, 15) is 0 Å². The minimum atomic E-state index is -0.416. The molecule has 24 heavy (non-hydrogen) atoms. The zero-order valence-corrected chi connectivity index (χ0v) is 14.2. The van der Waals surface area contributed by atoms with Crippen LogP contribution in [0, 0.1) is 0 Å². The van der Waals surface area contributed by atoms with Gasteiger partial charge >= 0.3 is 0 Å². The summed E-state index contributed by atoms with van der Waals surface area (Å²) in [6.45, 7) is 0.819. The first-order valence-electron chi connectivity index (χ1n) is 9.28. The molecule has 2 aliphatic heterocycles. The zero-order valence-electron chi connectivity index (χ0n) is 14.2. The van der Waals surface area contributed by atoms with Crippen molar-refractivity contribution in [2.45, 2.75) is 56.3 Å². The standard InChI is InChI=1S/C22H26O2/c1-3-11-19(12-4-1)22(20-13-5-2-6-14-20)17-8-7-15-21(24-22)16-9-10-18-23-21/h1-6,11-14H,7-10,15-18H2. The molecule has 2 aromatic carbocycles. The normalized spacial score (nSPS) is 26.8. The van der Waals surface area contributed by atoms with Crippen LogP contribution in [0.25, 0.3) is 0 Å². The maximum absolute atomic E-state index is 6.98. The first kappa shape index (κ1) is 15.9. The van der Waals surface area contributed by atoms with Gasteiger partial charge in [0.05, 0.1) is 6.61 Å². The molecule has 2 aliphatic rings. The Labute approximate surface area is 144 Å². The zero-order chi connectivity index (χ0) is 16.3. The van der Waals surface area contributed by atoms with Gasteiger partial charge in [0.2, 0.25) is 0 Å². The van der Waals surface area contributed by atoms with E-state index in [1.807, 2.05) is 0 Å². The Kier molecular flexibility index (Phi) is 4.43. The smallest absolute Gasteiger partial charge is 0.169 e. The average Bonchev–Trinajstić information content (AvgIpc) is 2.85. The Bertz CT molecular complexity index is 605. The van der Waals surface area contributed by atoms with E-state index in [0.717, 1.165) is 38.7 Å². The Hall–Kier alpha value is -1.64. The topological polar surface area (TPSA) is 18.5 Å². The molecule has 2 saturated heterocycles. The van der Waals surface area contributed by atoms with E-state index in [1.54, 1.807) is 0 Å².